The van der Waals surface area contributed by atoms with Crippen molar-refractivity contribution in [3.8, 4) is 0 Å². The number of aromatic nitrogens is 2. The molecule has 1 aromatic rings. The topological polar surface area (TPSA) is 49.3 Å². The van der Waals surface area contributed by atoms with Crippen LogP contribution in [0.15, 0.2) is 0 Å². The average molecular weight is 360 g/mol. The van der Waals surface area contributed by atoms with E-state index in [1.165, 1.54) is 0 Å². The lowest BCUT2D eigenvalue weighted by Crippen LogP contribution is -2.48. The van der Waals surface area contributed by atoms with E-state index >= 15 is 0 Å². The number of nitrogens with zero attached hydrogens (tertiary/aromatic N) is 4. The SMILES string of the molecule is Cc1nc(CN2CCN(C)C(=O)C2)nc(C)c1I. The third-order valence-electron chi connectivity index (χ3n) is 3.13. The molecule has 5 nitrogen and oxygen atoms in total. The summed E-state index contributed by atoms with van der Waals surface area (Å²) in [7, 11) is 1.84. The summed E-state index contributed by atoms with van der Waals surface area (Å²) in [6, 6.07) is 0. The summed E-state index contributed by atoms with van der Waals surface area (Å²) < 4.78 is 1.12. The predicted molar refractivity (Wildman–Crippen MR) is 77.1 cm³/mol. The molecule has 0 aliphatic carbocycles. The molecule has 0 atom stereocenters. The molecule has 1 amide bonds. The van der Waals surface area contributed by atoms with Crippen LogP contribution in [-0.2, 0) is 11.3 Å². The van der Waals surface area contributed by atoms with E-state index < -0.39 is 0 Å². The first-order valence-corrected chi connectivity index (χ1v) is 7.01. The third kappa shape index (κ3) is 2.97. The number of hydrogen-bond donors (Lipinski definition) is 0. The third-order valence-corrected chi connectivity index (χ3v) is 4.69. The monoisotopic (exact) mass is 360 g/mol. The number of piperazine rings is 1. The highest BCUT2D eigenvalue weighted by Gasteiger charge is 2.21. The molecule has 0 radical (unpaired) electrons. The van der Waals surface area contributed by atoms with E-state index in [-0.39, 0.29) is 5.91 Å². The van der Waals surface area contributed by atoms with Crippen molar-refractivity contribution in [1.29, 1.82) is 0 Å². The molecule has 98 valence electrons. The minimum Gasteiger partial charge on any atom is -0.343 e. The molecule has 1 fully saturated rings. The number of halogens is 1. The molecule has 2 heterocycles. The Morgan fingerprint density at radius 2 is 1.83 bits per heavy atom. The lowest BCUT2D eigenvalue weighted by atomic mass is 10.3. The predicted octanol–water partition coefficient (Wildman–Crippen LogP) is 0.972. The molecule has 18 heavy (non-hydrogen) atoms. The van der Waals surface area contributed by atoms with Crippen LogP contribution in [0.2, 0.25) is 0 Å². The molecule has 1 aliphatic rings. The van der Waals surface area contributed by atoms with Crippen LogP contribution in [0.3, 0.4) is 0 Å². The smallest absolute Gasteiger partial charge is 0.236 e. The van der Waals surface area contributed by atoms with Gasteiger partial charge in [-0.15, -0.1) is 0 Å². The number of rotatable bonds is 2. The van der Waals surface area contributed by atoms with Crippen molar-refractivity contribution >= 4 is 28.5 Å². The zero-order valence-electron chi connectivity index (χ0n) is 10.9. The van der Waals surface area contributed by atoms with Gasteiger partial charge >= 0.3 is 0 Å². The van der Waals surface area contributed by atoms with Crippen LogP contribution in [0.5, 0.6) is 0 Å². The molecule has 0 N–H and O–H groups in total. The van der Waals surface area contributed by atoms with Gasteiger partial charge < -0.3 is 4.90 Å². The molecule has 0 spiro atoms. The van der Waals surface area contributed by atoms with E-state index in [1.54, 1.807) is 4.90 Å². The summed E-state index contributed by atoms with van der Waals surface area (Å²) >= 11 is 2.26. The molecule has 1 saturated heterocycles. The first kappa shape index (κ1) is 13.7. The highest BCUT2D eigenvalue weighted by molar-refractivity contribution is 14.1. The van der Waals surface area contributed by atoms with Crippen molar-refractivity contribution in [1.82, 2.24) is 19.8 Å². The Hall–Kier alpha value is -0.760. The molecule has 0 bridgehead atoms. The number of carbonyl (C=O) groups is 1. The van der Waals surface area contributed by atoms with E-state index in [0.717, 1.165) is 33.9 Å². The van der Waals surface area contributed by atoms with Crippen LogP contribution in [0, 0.1) is 17.4 Å². The van der Waals surface area contributed by atoms with Gasteiger partial charge in [0.25, 0.3) is 0 Å². The van der Waals surface area contributed by atoms with Gasteiger partial charge in [0.2, 0.25) is 5.91 Å². The van der Waals surface area contributed by atoms with E-state index in [4.69, 9.17) is 0 Å². The molecule has 2 rings (SSSR count). The van der Waals surface area contributed by atoms with E-state index in [9.17, 15) is 4.79 Å². The maximum Gasteiger partial charge on any atom is 0.236 e. The van der Waals surface area contributed by atoms with Crippen molar-refractivity contribution in [3.63, 3.8) is 0 Å². The van der Waals surface area contributed by atoms with Crippen molar-refractivity contribution in [2.24, 2.45) is 0 Å². The number of amides is 1. The normalized spacial score (nSPS) is 17.3. The zero-order chi connectivity index (χ0) is 13.3. The van der Waals surface area contributed by atoms with Gasteiger partial charge in [-0.05, 0) is 36.4 Å². The fraction of sp³-hybridized carbons (Fsp3) is 0.583. The number of carbonyl (C=O) groups excluding carboxylic acids is 1. The van der Waals surface area contributed by atoms with Crippen molar-refractivity contribution in [2.75, 3.05) is 26.7 Å². The van der Waals surface area contributed by atoms with Gasteiger partial charge in [0.15, 0.2) is 0 Å². The second kappa shape index (κ2) is 5.48. The maximum atomic E-state index is 11.6. The summed E-state index contributed by atoms with van der Waals surface area (Å²) in [5.41, 5.74) is 2.03. The Labute approximate surface area is 121 Å². The summed E-state index contributed by atoms with van der Waals surface area (Å²) in [4.78, 5) is 24.5. The molecular weight excluding hydrogens is 343 g/mol. The molecule has 6 heteroatoms. The first-order chi connectivity index (χ1) is 8.47. The fourth-order valence-corrected chi connectivity index (χ4v) is 2.23. The maximum absolute atomic E-state index is 11.6. The highest BCUT2D eigenvalue weighted by Crippen LogP contribution is 2.14. The van der Waals surface area contributed by atoms with Crippen molar-refractivity contribution < 1.29 is 4.79 Å². The van der Waals surface area contributed by atoms with Gasteiger partial charge in [-0.25, -0.2) is 9.97 Å². The fourth-order valence-electron chi connectivity index (χ4n) is 1.98. The second-order valence-electron chi connectivity index (χ2n) is 4.65. The lowest BCUT2D eigenvalue weighted by molar-refractivity contribution is -0.134. The Morgan fingerprint density at radius 3 is 2.39 bits per heavy atom. The molecule has 0 unspecified atom stereocenters. The Balaban J connectivity index is 2.08. The van der Waals surface area contributed by atoms with Gasteiger partial charge in [-0.2, -0.15) is 0 Å². The van der Waals surface area contributed by atoms with Crippen LogP contribution in [-0.4, -0.2) is 52.4 Å². The number of hydrogen-bond acceptors (Lipinski definition) is 4. The van der Waals surface area contributed by atoms with Gasteiger partial charge in [0, 0.05) is 20.1 Å². The number of likely N-dealkylation sites (N-methyl/N-ethyl adjacent to an activating group) is 1. The van der Waals surface area contributed by atoms with Crippen LogP contribution in [0.25, 0.3) is 0 Å². The van der Waals surface area contributed by atoms with E-state index in [2.05, 4.69) is 37.5 Å². The summed E-state index contributed by atoms with van der Waals surface area (Å²) in [6.45, 7) is 6.77. The minimum atomic E-state index is 0.167. The van der Waals surface area contributed by atoms with Crippen molar-refractivity contribution in [2.45, 2.75) is 20.4 Å². The van der Waals surface area contributed by atoms with Crippen LogP contribution < -0.4 is 0 Å². The molecule has 1 aliphatic heterocycles. The molecule has 0 aromatic carbocycles. The summed E-state index contributed by atoms with van der Waals surface area (Å²) in [5, 5.41) is 0. The molecule has 0 saturated carbocycles. The van der Waals surface area contributed by atoms with E-state index in [1.807, 2.05) is 20.9 Å². The van der Waals surface area contributed by atoms with E-state index in [0.29, 0.717) is 13.1 Å². The zero-order valence-corrected chi connectivity index (χ0v) is 13.1. The largest absolute Gasteiger partial charge is 0.343 e. The second-order valence-corrected chi connectivity index (χ2v) is 5.73. The van der Waals surface area contributed by atoms with Gasteiger partial charge in [0.05, 0.1) is 28.0 Å². The van der Waals surface area contributed by atoms with Crippen molar-refractivity contribution in [3.05, 3.63) is 20.8 Å². The number of aryl methyl sites for hydroxylation is 2. The van der Waals surface area contributed by atoms with Gasteiger partial charge in [-0.3, -0.25) is 9.69 Å². The standard InChI is InChI=1S/C12H17IN4O/c1-8-12(13)9(2)15-10(14-8)6-17-5-4-16(3)11(18)7-17/h4-7H2,1-3H3. The summed E-state index contributed by atoms with van der Waals surface area (Å²) in [6.07, 6.45) is 0. The minimum absolute atomic E-state index is 0.167. The first-order valence-electron chi connectivity index (χ1n) is 5.93. The quantitative estimate of drug-likeness (QED) is 0.738. The van der Waals surface area contributed by atoms with Crippen LogP contribution in [0.1, 0.15) is 17.2 Å². The lowest BCUT2D eigenvalue weighted by Gasteiger charge is -2.31. The summed E-state index contributed by atoms with van der Waals surface area (Å²) in [5.74, 6) is 0.975. The highest BCUT2D eigenvalue weighted by atomic mass is 127. The Kier molecular flexibility index (Phi) is 4.16. The van der Waals surface area contributed by atoms with Crippen LogP contribution in [0.4, 0.5) is 0 Å². The van der Waals surface area contributed by atoms with Crippen LogP contribution >= 0.6 is 22.6 Å². The Morgan fingerprint density at radius 1 is 1.22 bits per heavy atom. The molecule has 1 aromatic heterocycles. The molecular formula is C12H17IN4O. The van der Waals surface area contributed by atoms with Gasteiger partial charge in [0.1, 0.15) is 5.82 Å². The Bertz CT molecular complexity index is 454. The van der Waals surface area contributed by atoms with Gasteiger partial charge in [-0.1, -0.05) is 0 Å². The average Bonchev–Trinajstić information content (AvgIpc) is 2.31.